The molecular formula is C31H34N4O5. The predicted molar refractivity (Wildman–Crippen MR) is 152 cm³/mol. The molecule has 9 heteroatoms. The van der Waals surface area contributed by atoms with Gasteiger partial charge in [-0.1, -0.05) is 18.2 Å². The van der Waals surface area contributed by atoms with Gasteiger partial charge >= 0.3 is 6.09 Å². The molecule has 0 saturated heterocycles. The zero-order chi connectivity index (χ0) is 28.4. The van der Waals surface area contributed by atoms with E-state index in [1.165, 1.54) is 0 Å². The molecule has 1 aliphatic heterocycles. The molecule has 3 aromatic carbocycles. The fourth-order valence-corrected chi connectivity index (χ4v) is 4.92. The number of hydrogen-bond acceptors (Lipinski definition) is 6. The van der Waals surface area contributed by atoms with E-state index in [0.29, 0.717) is 43.1 Å². The Kier molecular flexibility index (Phi) is 7.38. The normalized spacial score (nSPS) is 13.2. The standard InChI is InChI=1S/C31H34N4O5/c1-31(2,3)40-30(37)32-18-20-9-12-22(13-10-20)35-26-15-16-34(19-21-11-14-23(38-4)17-27(21)39-5)29(36)24-7-6-8-25(33-35)28(24)26/h6-14,17H,15-16,18-19H2,1-5H3,(H,32,37). The Morgan fingerprint density at radius 3 is 2.50 bits per heavy atom. The number of aromatic nitrogens is 2. The minimum atomic E-state index is -0.549. The number of methoxy groups -OCH3 is 2. The first-order chi connectivity index (χ1) is 19.2. The first kappa shape index (κ1) is 27.1. The van der Waals surface area contributed by atoms with Gasteiger partial charge < -0.3 is 24.4 Å². The van der Waals surface area contributed by atoms with Crippen LogP contribution in [0.4, 0.5) is 4.79 Å². The minimum absolute atomic E-state index is 0.0367. The first-order valence-corrected chi connectivity index (χ1v) is 13.2. The molecule has 1 aliphatic rings. The molecule has 0 bridgehead atoms. The van der Waals surface area contributed by atoms with Crippen LogP contribution in [0.3, 0.4) is 0 Å². The maximum absolute atomic E-state index is 13.7. The van der Waals surface area contributed by atoms with Crippen LogP contribution in [0.15, 0.2) is 60.7 Å². The average molecular weight is 543 g/mol. The Morgan fingerprint density at radius 1 is 1.02 bits per heavy atom. The summed E-state index contributed by atoms with van der Waals surface area (Å²) in [5.41, 5.74) is 4.59. The smallest absolute Gasteiger partial charge is 0.407 e. The van der Waals surface area contributed by atoms with Gasteiger partial charge in [0.15, 0.2) is 0 Å². The lowest BCUT2D eigenvalue weighted by atomic mass is 10.1. The van der Waals surface area contributed by atoms with Gasteiger partial charge in [-0.25, -0.2) is 9.48 Å². The molecule has 0 radical (unpaired) electrons. The van der Waals surface area contributed by atoms with Crippen LogP contribution in [0.2, 0.25) is 0 Å². The van der Waals surface area contributed by atoms with Gasteiger partial charge in [-0.3, -0.25) is 4.79 Å². The monoisotopic (exact) mass is 542 g/mol. The van der Waals surface area contributed by atoms with Crippen molar-refractivity contribution in [3.8, 4) is 17.2 Å². The van der Waals surface area contributed by atoms with Gasteiger partial charge in [-0.15, -0.1) is 0 Å². The summed E-state index contributed by atoms with van der Waals surface area (Å²) in [6.45, 7) is 6.79. The van der Waals surface area contributed by atoms with Gasteiger partial charge in [0.2, 0.25) is 0 Å². The van der Waals surface area contributed by atoms with Crippen molar-refractivity contribution < 1.29 is 23.8 Å². The summed E-state index contributed by atoms with van der Waals surface area (Å²) in [5, 5.41) is 8.52. The Bertz CT molecular complexity index is 1550. The number of carbonyl (C=O) groups excluding carboxylic acids is 2. The highest BCUT2D eigenvalue weighted by Gasteiger charge is 2.28. The molecule has 0 unspecified atom stereocenters. The maximum Gasteiger partial charge on any atom is 0.407 e. The number of ether oxygens (including phenoxy) is 3. The molecule has 40 heavy (non-hydrogen) atoms. The van der Waals surface area contributed by atoms with Crippen LogP contribution < -0.4 is 14.8 Å². The Hall–Kier alpha value is -4.53. The average Bonchev–Trinajstić information content (AvgIpc) is 3.25. The summed E-state index contributed by atoms with van der Waals surface area (Å²) < 4.78 is 18.1. The predicted octanol–water partition coefficient (Wildman–Crippen LogP) is 5.27. The molecule has 5 rings (SSSR count). The van der Waals surface area contributed by atoms with E-state index in [9.17, 15) is 9.59 Å². The molecule has 9 nitrogen and oxygen atoms in total. The summed E-state index contributed by atoms with van der Waals surface area (Å²) in [6, 6.07) is 19.2. The van der Waals surface area contributed by atoms with E-state index in [4.69, 9.17) is 19.3 Å². The number of rotatable bonds is 7. The van der Waals surface area contributed by atoms with Crippen LogP contribution in [0, 0.1) is 0 Å². The number of benzene rings is 3. The zero-order valence-electron chi connectivity index (χ0n) is 23.5. The van der Waals surface area contributed by atoms with Crippen LogP contribution >= 0.6 is 0 Å². The van der Waals surface area contributed by atoms with Crippen molar-refractivity contribution in [2.75, 3.05) is 20.8 Å². The Labute approximate surface area is 233 Å². The van der Waals surface area contributed by atoms with Crippen LogP contribution in [-0.4, -0.2) is 53.0 Å². The van der Waals surface area contributed by atoms with Crippen molar-refractivity contribution in [1.29, 1.82) is 0 Å². The van der Waals surface area contributed by atoms with Gasteiger partial charge in [-0.2, -0.15) is 5.10 Å². The van der Waals surface area contributed by atoms with Crippen LogP contribution in [0.1, 0.15) is 48.0 Å². The van der Waals surface area contributed by atoms with E-state index in [0.717, 1.165) is 33.4 Å². The van der Waals surface area contributed by atoms with E-state index >= 15 is 0 Å². The van der Waals surface area contributed by atoms with Crippen LogP contribution in [-0.2, 0) is 24.2 Å². The number of carbonyl (C=O) groups is 2. The second kappa shape index (κ2) is 10.9. The van der Waals surface area contributed by atoms with Crippen molar-refractivity contribution in [3.63, 3.8) is 0 Å². The summed E-state index contributed by atoms with van der Waals surface area (Å²) in [7, 11) is 3.23. The molecule has 208 valence electrons. The molecule has 0 fully saturated rings. The molecule has 1 aromatic heterocycles. The van der Waals surface area contributed by atoms with Crippen molar-refractivity contribution in [3.05, 3.63) is 83.0 Å². The molecule has 0 spiro atoms. The lowest BCUT2D eigenvalue weighted by Crippen LogP contribution is -2.32. The molecule has 0 atom stereocenters. The van der Waals surface area contributed by atoms with Crippen molar-refractivity contribution >= 4 is 22.9 Å². The second-order valence-corrected chi connectivity index (χ2v) is 10.7. The Balaban J connectivity index is 1.39. The summed E-state index contributed by atoms with van der Waals surface area (Å²) in [6.07, 6.45) is 0.184. The topological polar surface area (TPSA) is 94.9 Å². The highest BCUT2D eigenvalue weighted by molar-refractivity contribution is 6.08. The van der Waals surface area contributed by atoms with E-state index in [1.54, 1.807) is 14.2 Å². The summed E-state index contributed by atoms with van der Waals surface area (Å²) >= 11 is 0. The minimum Gasteiger partial charge on any atom is -0.497 e. The SMILES string of the molecule is COc1ccc(CN2CCc3c4c(cccc4nn3-c3ccc(CNC(=O)OC(C)(C)C)cc3)C2=O)c(OC)c1. The highest BCUT2D eigenvalue weighted by Crippen LogP contribution is 2.32. The van der Waals surface area contributed by atoms with Gasteiger partial charge in [0.1, 0.15) is 17.1 Å². The van der Waals surface area contributed by atoms with Gasteiger partial charge in [0.25, 0.3) is 5.91 Å². The summed E-state index contributed by atoms with van der Waals surface area (Å²) in [5.74, 6) is 1.34. The van der Waals surface area contributed by atoms with E-state index in [2.05, 4.69) is 5.32 Å². The van der Waals surface area contributed by atoms with Crippen LogP contribution in [0.25, 0.3) is 16.6 Å². The number of alkyl carbamates (subject to hydrolysis) is 1. The zero-order valence-corrected chi connectivity index (χ0v) is 23.5. The first-order valence-electron chi connectivity index (χ1n) is 13.2. The highest BCUT2D eigenvalue weighted by atomic mass is 16.6. The van der Waals surface area contributed by atoms with Crippen molar-refractivity contribution in [2.45, 2.75) is 45.9 Å². The van der Waals surface area contributed by atoms with Crippen molar-refractivity contribution in [2.24, 2.45) is 0 Å². The lowest BCUT2D eigenvalue weighted by molar-refractivity contribution is 0.0523. The molecule has 0 aliphatic carbocycles. The Morgan fingerprint density at radius 2 is 1.80 bits per heavy atom. The third-order valence-corrected chi connectivity index (χ3v) is 6.80. The quantitative estimate of drug-likeness (QED) is 0.342. The maximum atomic E-state index is 13.7. The van der Waals surface area contributed by atoms with Crippen molar-refractivity contribution in [1.82, 2.24) is 20.0 Å². The van der Waals surface area contributed by atoms with E-state index < -0.39 is 11.7 Å². The van der Waals surface area contributed by atoms with Gasteiger partial charge in [0, 0.05) is 43.1 Å². The number of amides is 2. The molecule has 2 amide bonds. The summed E-state index contributed by atoms with van der Waals surface area (Å²) in [4.78, 5) is 27.6. The molecule has 4 aromatic rings. The molecular weight excluding hydrogens is 508 g/mol. The fourth-order valence-electron chi connectivity index (χ4n) is 4.92. The van der Waals surface area contributed by atoms with Gasteiger partial charge in [-0.05, 0) is 62.7 Å². The number of nitrogens with one attached hydrogen (secondary N) is 1. The third kappa shape index (κ3) is 5.59. The van der Waals surface area contributed by atoms with Gasteiger partial charge in [0.05, 0.1) is 36.7 Å². The van der Waals surface area contributed by atoms with E-state index in [-0.39, 0.29) is 5.91 Å². The molecule has 2 heterocycles. The largest absolute Gasteiger partial charge is 0.497 e. The van der Waals surface area contributed by atoms with Crippen LogP contribution in [0.5, 0.6) is 11.5 Å². The number of nitrogens with zero attached hydrogens (tertiary/aromatic N) is 3. The second-order valence-electron chi connectivity index (χ2n) is 10.7. The van der Waals surface area contributed by atoms with E-state index in [1.807, 2.05) is 91.0 Å². The number of hydrogen-bond donors (Lipinski definition) is 1. The lowest BCUT2D eigenvalue weighted by Gasteiger charge is -2.23. The molecule has 0 saturated carbocycles. The third-order valence-electron chi connectivity index (χ3n) is 6.80. The molecule has 1 N–H and O–H groups in total. The fraction of sp³-hybridized carbons (Fsp3) is 0.323.